The summed E-state index contributed by atoms with van der Waals surface area (Å²) >= 11 is 12.0. The van der Waals surface area contributed by atoms with E-state index in [0.29, 0.717) is 27.2 Å². The van der Waals surface area contributed by atoms with E-state index in [0.717, 1.165) is 0 Å². The van der Waals surface area contributed by atoms with Crippen LogP contribution in [-0.2, 0) is 0 Å². The second-order valence-electron chi connectivity index (χ2n) is 4.61. The summed E-state index contributed by atoms with van der Waals surface area (Å²) in [5, 5.41) is 6.85. The number of halogens is 2. The molecule has 3 rings (SSSR count). The molecule has 23 heavy (non-hydrogen) atoms. The fourth-order valence-corrected chi connectivity index (χ4v) is 2.21. The van der Waals surface area contributed by atoms with Gasteiger partial charge in [0.15, 0.2) is 5.76 Å². The van der Waals surface area contributed by atoms with Gasteiger partial charge in [-0.25, -0.2) is 4.98 Å². The average molecular weight is 348 g/mol. The highest BCUT2D eigenvalue weighted by atomic mass is 35.5. The Labute approximate surface area is 142 Å². The lowest BCUT2D eigenvalue weighted by Gasteiger charge is -2.09. The molecule has 0 spiro atoms. The molecule has 2 heterocycles. The summed E-state index contributed by atoms with van der Waals surface area (Å²) in [6.07, 6.45) is 2.97. The van der Waals surface area contributed by atoms with Crippen molar-refractivity contribution in [3.05, 3.63) is 70.7 Å². The third kappa shape index (κ3) is 3.83. The van der Waals surface area contributed by atoms with Crippen LogP contribution in [0.5, 0.6) is 0 Å². The van der Waals surface area contributed by atoms with E-state index in [9.17, 15) is 4.79 Å². The van der Waals surface area contributed by atoms with Gasteiger partial charge in [0.05, 0.1) is 28.9 Å². The summed E-state index contributed by atoms with van der Waals surface area (Å²) in [5.74, 6) is 0.471. The van der Waals surface area contributed by atoms with E-state index in [1.807, 2.05) is 0 Å². The van der Waals surface area contributed by atoms with Crippen LogP contribution in [0.4, 0.5) is 17.2 Å². The summed E-state index contributed by atoms with van der Waals surface area (Å²) in [6, 6.07) is 11.8. The number of rotatable bonds is 4. The Hall–Kier alpha value is -2.50. The molecule has 0 aliphatic rings. The number of hydrogen-bond acceptors (Lipinski definition) is 4. The van der Waals surface area contributed by atoms with Crippen molar-refractivity contribution >= 4 is 46.3 Å². The van der Waals surface area contributed by atoms with E-state index < -0.39 is 0 Å². The number of aromatic nitrogens is 1. The first-order chi connectivity index (χ1) is 11.1. The Kier molecular flexibility index (Phi) is 4.50. The zero-order chi connectivity index (χ0) is 16.2. The maximum absolute atomic E-state index is 11.9. The van der Waals surface area contributed by atoms with Gasteiger partial charge >= 0.3 is 0 Å². The van der Waals surface area contributed by atoms with Gasteiger partial charge in [0.2, 0.25) is 0 Å². The molecule has 2 N–H and O–H groups in total. The fourth-order valence-electron chi connectivity index (χ4n) is 1.87. The lowest BCUT2D eigenvalue weighted by molar-refractivity contribution is 0.0996. The summed E-state index contributed by atoms with van der Waals surface area (Å²) in [7, 11) is 0. The van der Waals surface area contributed by atoms with Gasteiger partial charge in [-0.15, -0.1) is 0 Å². The molecular formula is C16H11Cl2N3O2. The van der Waals surface area contributed by atoms with E-state index in [2.05, 4.69) is 15.6 Å². The molecule has 1 amide bonds. The summed E-state index contributed by atoms with van der Waals surface area (Å²) in [4.78, 5) is 16.1. The smallest absolute Gasteiger partial charge is 0.291 e. The third-order valence-electron chi connectivity index (χ3n) is 2.96. The molecule has 2 aromatic heterocycles. The van der Waals surface area contributed by atoms with Crippen molar-refractivity contribution < 1.29 is 9.21 Å². The molecule has 0 unspecified atom stereocenters. The van der Waals surface area contributed by atoms with Crippen molar-refractivity contribution in [3.63, 3.8) is 0 Å². The van der Waals surface area contributed by atoms with Crippen molar-refractivity contribution in [1.29, 1.82) is 0 Å². The summed E-state index contributed by atoms with van der Waals surface area (Å²) < 4.78 is 5.02. The monoisotopic (exact) mass is 347 g/mol. The molecule has 0 atom stereocenters. The van der Waals surface area contributed by atoms with Crippen LogP contribution < -0.4 is 10.6 Å². The number of carbonyl (C=O) groups is 1. The topological polar surface area (TPSA) is 67.2 Å². The highest BCUT2D eigenvalue weighted by Gasteiger charge is 2.09. The van der Waals surface area contributed by atoms with Crippen LogP contribution in [0.1, 0.15) is 10.6 Å². The third-order valence-corrected chi connectivity index (χ3v) is 3.52. The number of amides is 1. The van der Waals surface area contributed by atoms with Gasteiger partial charge in [0.25, 0.3) is 5.91 Å². The van der Waals surface area contributed by atoms with Crippen LogP contribution in [0.3, 0.4) is 0 Å². The quantitative estimate of drug-likeness (QED) is 0.698. The van der Waals surface area contributed by atoms with Gasteiger partial charge in [-0.05, 0) is 42.5 Å². The molecule has 0 saturated carbocycles. The predicted molar refractivity (Wildman–Crippen MR) is 90.6 cm³/mol. The first kappa shape index (κ1) is 15.4. The zero-order valence-corrected chi connectivity index (χ0v) is 13.2. The standard InChI is InChI=1S/C16H11Cl2N3O2/c17-10-3-5-12(18)13(8-10)21-15-6-4-11(9-19-15)20-16(22)14-2-1-7-23-14/h1-9H,(H,19,21)(H,20,22). The molecule has 0 aliphatic heterocycles. The Morgan fingerprint density at radius 2 is 2.00 bits per heavy atom. The van der Waals surface area contributed by atoms with Crippen LogP contribution in [-0.4, -0.2) is 10.9 Å². The molecule has 3 aromatic rings. The van der Waals surface area contributed by atoms with E-state index in [4.69, 9.17) is 27.6 Å². The molecule has 1 aromatic carbocycles. The van der Waals surface area contributed by atoms with Crippen molar-refractivity contribution in [2.75, 3.05) is 10.6 Å². The molecule has 0 bridgehead atoms. The second-order valence-corrected chi connectivity index (χ2v) is 5.46. The molecule has 0 fully saturated rings. The molecule has 0 saturated heterocycles. The van der Waals surface area contributed by atoms with Gasteiger partial charge in [-0.2, -0.15) is 0 Å². The van der Waals surface area contributed by atoms with Crippen LogP contribution in [0.2, 0.25) is 10.0 Å². The van der Waals surface area contributed by atoms with Gasteiger partial charge in [-0.1, -0.05) is 23.2 Å². The Bertz CT molecular complexity index is 818. The van der Waals surface area contributed by atoms with Gasteiger partial charge in [0, 0.05) is 5.02 Å². The number of nitrogens with one attached hydrogen (secondary N) is 2. The van der Waals surface area contributed by atoms with Gasteiger partial charge in [-0.3, -0.25) is 4.79 Å². The normalized spacial score (nSPS) is 10.3. The number of carbonyl (C=O) groups excluding carboxylic acids is 1. The Morgan fingerprint density at radius 1 is 1.13 bits per heavy atom. The number of nitrogens with zero attached hydrogens (tertiary/aromatic N) is 1. The van der Waals surface area contributed by atoms with E-state index in [1.54, 1.807) is 42.5 Å². The average Bonchev–Trinajstić information content (AvgIpc) is 3.07. The predicted octanol–water partition coefficient (Wildman–Crippen LogP) is 4.98. The second kappa shape index (κ2) is 6.73. The molecular weight excluding hydrogens is 337 g/mol. The number of hydrogen-bond donors (Lipinski definition) is 2. The van der Waals surface area contributed by atoms with Crippen LogP contribution >= 0.6 is 23.2 Å². The molecule has 0 aliphatic carbocycles. The summed E-state index contributed by atoms with van der Waals surface area (Å²) in [5.41, 5.74) is 1.20. The van der Waals surface area contributed by atoms with E-state index in [-0.39, 0.29) is 11.7 Å². The van der Waals surface area contributed by atoms with Crippen LogP contribution in [0, 0.1) is 0 Å². The lowest BCUT2D eigenvalue weighted by atomic mass is 10.3. The van der Waals surface area contributed by atoms with Crippen molar-refractivity contribution in [2.24, 2.45) is 0 Å². The Morgan fingerprint density at radius 3 is 2.70 bits per heavy atom. The van der Waals surface area contributed by atoms with Gasteiger partial charge in [0.1, 0.15) is 5.82 Å². The van der Waals surface area contributed by atoms with E-state index >= 15 is 0 Å². The lowest BCUT2D eigenvalue weighted by Crippen LogP contribution is -2.11. The minimum Gasteiger partial charge on any atom is -0.459 e. The molecule has 5 nitrogen and oxygen atoms in total. The minimum atomic E-state index is -0.338. The maximum atomic E-state index is 11.9. The molecule has 116 valence electrons. The molecule has 7 heteroatoms. The van der Waals surface area contributed by atoms with Crippen LogP contribution in [0.15, 0.2) is 59.3 Å². The maximum Gasteiger partial charge on any atom is 0.291 e. The zero-order valence-electron chi connectivity index (χ0n) is 11.7. The number of benzene rings is 1. The van der Waals surface area contributed by atoms with Crippen molar-refractivity contribution in [1.82, 2.24) is 4.98 Å². The van der Waals surface area contributed by atoms with E-state index in [1.165, 1.54) is 12.5 Å². The first-order valence-electron chi connectivity index (χ1n) is 6.65. The molecule has 0 radical (unpaired) electrons. The SMILES string of the molecule is O=C(Nc1ccc(Nc2cc(Cl)ccc2Cl)nc1)c1ccco1. The van der Waals surface area contributed by atoms with Crippen LogP contribution in [0.25, 0.3) is 0 Å². The number of furan rings is 1. The number of pyridine rings is 1. The minimum absolute atomic E-state index is 0.234. The van der Waals surface area contributed by atoms with Gasteiger partial charge < -0.3 is 15.1 Å². The highest BCUT2D eigenvalue weighted by Crippen LogP contribution is 2.28. The van der Waals surface area contributed by atoms with Crippen molar-refractivity contribution in [2.45, 2.75) is 0 Å². The van der Waals surface area contributed by atoms with Crippen molar-refractivity contribution in [3.8, 4) is 0 Å². The fraction of sp³-hybridized carbons (Fsp3) is 0. The largest absolute Gasteiger partial charge is 0.459 e. The summed E-state index contributed by atoms with van der Waals surface area (Å²) in [6.45, 7) is 0. The number of anilines is 3. The first-order valence-corrected chi connectivity index (χ1v) is 7.40. The highest BCUT2D eigenvalue weighted by molar-refractivity contribution is 6.35. The Balaban J connectivity index is 1.70.